The molecule has 0 aliphatic heterocycles. The molecule has 0 radical (unpaired) electrons. The number of hydrogen-bond donors (Lipinski definition) is 4. The standard InChI is InChI=1S/C16H35NO3/c1-2-3-4-5-6-7-8-9-10-11-12-13-14-17-15(18)16(19)20/h15-20H,2-14H2,1H3. The Bertz CT molecular complexity index is 189. The molecule has 0 aliphatic carbocycles. The molecule has 0 heterocycles. The maximum absolute atomic E-state index is 9.09. The van der Waals surface area contributed by atoms with E-state index in [1.54, 1.807) is 0 Å². The molecule has 0 spiro atoms. The average molecular weight is 289 g/mol. The van der Waals surface area contributed by atoms with Crippen molar-refractivity contribution in [2.24, 2.45) is 0 Å². The summed E-state index contributed by atoms with van der Waals surface area (Å²) in [6, 6.07) is 0. The van der Waals surface area contributed by atoms with E-state index in [-0.39, 0.29) is 0 Å². The number of nitrogens with one attached hydrogen (secondary N) is 1. The second-order valence-corrected chi connectivity index (χ2v) is 5.70. The highest BCUT2D eigenvalue weighted by molar-refractivity contribution is 4.55. The number of rotatable bonds is 15. The highest BCUT2D eigenvalue weighted by Gasteiger charge is 2.09. The maximum atomic E-state index is 9.09. The fourth-order valence-electron chi connectivity index (χ4n) is 2.32. The number of aliphatic hydroxyl groups is 3. The molecule has 0 aromatic heterocycles. The smallest absolute Gasteiger partial charge is 0.192 e. The summed E-state index contributed by atoms with van der Waals surface area (Å²) >= 11 is 0. The molecule has 0 aliphatic rings. The van der Waals surface area contributed by atoms with Gasteiger partial charge in [0, 0.05) is 0 Å². The Morgan fingerprint density at radius 2 is 1.05 bits per heavy atom. The van der Waals surface area contributed by atoms with E-state index in [1.165, 1.54) is 64.2 Å². The summed E-state index contributed by atoms with van der Waals surface area (Å²) in [5.41, 5.74) is 0. The molecule has 20 heavy (non-hydrogen) atoms. The van der Waals surface area contributed by atoms with Gasteiger partial charge >= 0.3 is 0 Å². The first-order valence-electron chi connectivity index (χ1n) is 8.46. The Labute approximate surface area is 124 Å². The second kappa shape index (κ2) is 15.2. The molecule has 1 unspecified atom stereocenters. The maximum Gasteiger partial charge on any atom is 0.192 e. The molecule has 0 bridgehead atoms. The first kappa shape index (κ1) is 19.8. The number of aliphatic hydroxyl groups excluding tert-OH is 2. The predicted octanol–water partition coefficient (Wildman–Crippen LogP) is 2.91. The molecule has 0 saturated carbocycles. The molecule has 0 aromatic carbocycles. The van der Waals surface area contributed by atoms with Gasteiger partial charge in [-0.2, -0.15) is 0 Å². The molecule has 4 N–H and O–H groups in total. The van der Waals surface area contributed by atoms with Crippen molar-refractivity contribution >= 4 is 0 Å². The summed E-state index contributed by atoms with van der Waals surface area (Å²) in [5.74, 6) is 0. The summed E-state index contributed by atoms with van der Waals surface area (Å²) in [6.45, 7) is 2.89. The van der Waals surface area contributed by atoms with E-state index in [4.69, 9.17) is 15.3 Å². The van der Waals surface area contributed by atoms with Crippen LogP contribution in [0, 0.1) is 0 Å². The summed E-state index contributed by atoms with van der Waals surface area (Å²) in [4.78, 5) is 0. The van der Waals surface area contributed by atoms with Crippen molar-refractivity contribution in [2.45, 2.75) is 96.5 Å². The molecule has 4 heteroatoms. The van der Waals surface area contributed by atoms with Crippen LogP contribution in [0.15, 0.2) is 0 Å². The normalized spacial score (nSPS) is 13.1. The van der Waals surface area contributed by atoms with Crippen LogP contribution in [0.25, 0.3) is 0 Å². The number of hydrogen-bond acceptors (Lipinski definition) is 4. The van der Waals surface area contributed by atoms with Crippen LogP contribution in [0.3, 0.4) is 0 Å². The van der Waals surface area contributed by atoms with Crippen LogP contribution in [0.2, 0.25) is 0 Å². The van der Waals surface area contributed by atoms with Crippen molar-refractivity contribution in [1.82, 2.24) is 5.32 Å². The van der Waals surface area contributed by atoms with Gasteiger partial charge in [-0.25, -0.2) is 0 Å². The minimum atomic E-state index is -1.69. The fourth-order valence-corrected chi connectivity index (χ4v) is 2.32. The van der Waals surface area contributed by atoms with E-state index in [9.17, 15) is 0 Å². The lowest BCUT2D eigenvalue weighted by atomic mass is 10.1. The molecule has 0 rings (SSSR count). The highest BCUT2D eigenvalue weighted by atomic mass is 16.5. The molecule has 0 amide bonds. The monoisotopic (exact) mass is 289 g/mol. The lowest BCUT2D eigenvalue weighted by Crippen LogP contribution is -2.39. The lowest BCUT2D eigenvalue weighted by Gasteiger charge is -2.13. The van der Waals surface area contributed by atoms with Gasteiger partial charge in [0.15, 0.2) is 12.5 Å². The van der Waals surface area contributed by atoms with Gasteiger partial charge in [-0.1, -0.05) is 77.6 Å². The van der Waals surface area contributed by atoms with Crippen LogP contribution < -0.4 is 5.32 Å². The van der Waals surface area contributed by atoms with Crippen LogP contribution in [-0.2, 0) is 0 Å². The largest absolute Gasteiger partial charge is 0.373 e. The Kier molecular flexibility index (Phi) is 15.1. The quantitative estimate of drug-likeness (QED) is 0.276. The first-order valence-corrected chi connectivity index (χ1v) is 8.46. The third-order valence-corrected chi connectivity index (χ3v) is 3.67. The van der Waals surface area contributed by atoms with Gasteiger partial charge in [-0.15, -0.1) is 0 Å². The lowest BCUT2D eigenvalue weighted by molar-refractivity contribution is -0.132. The average Bonchev–Trinajstić information content (AvgIpc) is 2.43. The Balaban J connectivity index is 3.03. The molecular formula is C16H35NO3. The van der Waals surface area contributed by atoms with Crippen LogP contribution in [0.1, 0.15) is 84.0 Å². The minimum Gasteiger partial charge on any atom is -0.373 e. The van der Waals surface area contributed by atoms with Crippen LogP contribution in [0.4, 0.5) is 0 Å². The van der Waals surface area contributed by atoms with E-state index in [2.05, 4.69) is 12.2 Å². The van der Waals surface area contributed by atoms with Gasteiger partial charge in [-0.05, 0) is 13.0 Å². The number of unbranched alkanes of at least 4 members (excludes halogenated alkanes) is 11. The van der Waals surface area contributed by atoms with Gasteiger partial charge in [-0.3, -0.25) is 5.32 Å². The summed E-state index contributed by atoms with van der Waals surface area (Å²) < 4.78 is 0. The van der Waals surface area contributed by atoms with E-state index < -0.39 is 12.5 Å². The van der Waals surface area contributed by atoms with Gasteiger partial charge in [0.2, 0.25) is 0 Å². The fraction of sp³-hybridized carbons (Fsp3) is 1.00. The topological polar surface area (TPSA) is 72.7 Å². The Morgan fingerprint density at radius 3 is 1.45 bits per heavy atom. The molecule has 0 aromatic rings. The van der Waals surface area contributed by atoms with Gasteiger partial charge in [0.05, 0.1) is 0 Å². The van der Waals surface area contributed by atoms with Crippen molar-refractivity contribution in [1.29, 1.82) is 0 Å². The van der Waals surface area contributed by atoms with Crippen molar-refractivity contribution < 1.29 is 15.3 Å². The summed E-state index contributed by atoms with van der Waals surface area (Å²) in [6.07, 6.45) is 12.7. The Morgan fingerprint density at radius 1 is 0.650 bits per heavy atom. The van der Waals surface area contributed by atoms with Crippen molar-refractivity contribution in [3.63, 3.8) is 0 Å². The van der Waals surface area contributed by atoms with Gasteiger partial charge in [0.1, 0.15) is 0 Å². The molecule has 4 nitrogen and oxygen atoms in total. The van der Waals surface area contributed by atoms with E-state index in [0.29, 0.717) is 6.54 Å². The molecule has 0 fully saturated rings. The zero-order chi connectivity index (χ0) is 15.1. The second-order valence-electron chi connectivity index (χ2n) is 5.70. The third-order valence-electron chi connectivity index (χ3n) is 3.67. The SMILES string of the molecule is CCCCCCCCCCCCCCNC(O)C(O)O. The Hall–Kier alpha value is -0.160. The third kappa shape index (κ3) is 14.3. The highest BCUT2D eigenvalue weighted by Crippen LogP contribution is 2.11. The predicted molar refractivity (Wildman–Crippen MR) is 83.3 cm³/mol. The van der Waals surface area contributed by atoms with E-state index in [0.717, 1.165) is 12.8 Å². The van der Waals surface area contributed by atoms with Crippen molar-refractivity contribution in [3.05, 3.63) is 0 Å². The molecule has 122 valence electrons. The van der Waals surface area contributed by atoms with Gasteiger partial charge < -0.3 is 15.3 Å². The van der Waals surface area contributed by atoms with Crippen molar-refractivity contribution in [2.75, 3.05) is 6.54 Å². The summed E-state index contributed by atoms with van der Waals surface area (Å²) in [7, 11) is 0. The van der Waals surface area contributed by atoms with E-state index in [1.807, 2.05) is 0 Å². The van der Waals surface area contributed by atoms with E-state index >= 15 is 0 Å². The van der Waals surface area contributed by atoms with Gasteiger partial charge in [0.25, 0.3) is 0 Å². The van der Waals surface area contributed by atoms with Crippen LogP contribution in [-0.4, -0.2) is 34.4 Å². The summed E-state index contributed by atoms with van der Waals surface area (Å²) in [5, 5.41) is 29.1. The van der Waals surface area contributed by atoms with Crippen LogP contribution >= 0.6 is 0 Å². The molecular weight excluding hydrogens is 254 g/mol. The zero-order valence-electron chi connectivity index (χ0n) is 13.2. The molecule has 0 saturated heterocycles. The zero-order valence-corrected chi connectivity index (χ0v) is 13.2. The minimum absolute atomic E-state index is 0.635. The molecule has 1 atom stereocenters. The van der Waals surface area contributed by atoms with Crippen molar-refractivity contribution in [3.8, 4) is 0 Å². The van der Waals surface area contributed by atoms with Crippen LogP contribution in [0.5, 0.6) is 0 Å². The first-order chi connectivity index (χ1) is 9.68.